The maximum atomic E-state index is 13.8. The highest BCUT2D eigenvalue weighted by Crippen LogP contribution is 2.34. The Morgan fingerprint density at radius 1 is 1.09 bits per heavy atom. The Morgan fingerprint density at radius 2 is 1.83 bits per heavy atom. The standard InChI is InChI=1S/C34H57ClN4O6Si/c1-25(36-33(41)43-3)24-45-31(27-14-10-16-29(35)21-27)28-15-11-17-39(22-28)32(40)37-30(20-26-12-8-7-9-13-26)23-38(2)34(42)44-18-19-46(4,5)6/h10,14,16,21,25-26,28,30-31H,7-9,11-13,15,17-20,22-24H2,1-6H3,(H,36,41)(H,37,40)/t25?,28-,30+,31+/m1/s1. The molecule has 0 spiro atoms. The molecular formula is C34H57ClN4O6Si. The number of ether oxygens (including phenoxy) is 3. The summed E-state index contributed by atoms with van der Waals surface area (Å²) < 4.78 is 16.8. The first kappa shape index (κ1) is 37.9. The van der Waals surface area contributed by atoms with Gasteiger partial charge in [0.2, 0.25) is 0 Å². The lowest BCUT2D eigenvalue weighted by molar-refractivity contribution is -0.0176. The minimum absolute atomic E-state index is 0.0316. The average molecular weight is 681 g/mol. The van der Waals surface area contributed by atoms with Crippen molar-refractivity contribution in [3.05, 3.63) is 34.9 Å². The Kier molecular flexibility index (Phi) is 15.5. The summed E-state index contributed by atoms with van der Waals surface area (Å²) in [6, 6.07) is 8.00. The molecule has 46 heavy (non-hydrogen) atoms. The predicted molar refractivity (Wildman–Crippen MR) is 185 cm³/mol. The van der Waals surface area contributed by atoms with Gasteiger partial charge in [0.15, 0.2) is 0 Å². The Morgan fingerprint density at radius 3 is 2.50 bits per heavy atom. The van der Waals surface area contributed by atoms with Crippen LogP contribution in [0.5, 0.6) is 0 Å². The molecule has 0 aromatic heterocycles. The van der Waals surface area contributed by atoms with Crippen LogP contribution in [0, 0.1) is 11.8 Å². The van der Waals surface area contributed by atoms with Gasteiger partial charge in [-0.05, 0) is 55.8 Å². The number of halogens is 1. The zero-order valence-electron chi connectivity index (χ0n) is 28.8. The number of rotatable bonds is 14. The Balaban J connectivity index is 1.68. The van der Waals surface area contributed by atoms with Gasteiger partial charge in [-0.1, -0.05) is 75.5 Å². The molecule has 1 aliphatic carbocycles. The van der Waals surface area contributed by atoms with Gasteiger partial charge in [-0.25, -0.2) is 14.4 Å². The van der Waals surface area contributed by atoms with Gasteiger partial charge in [0.1, 0.15) is 0 Å². The lowest BCUT2D eigenvalue weighted by Gasteiger charge is -2.38. The first-order valence-electron chi connectivity index (χ1n) is 17.0. The molecule has 1 saturated heterocycles. The maximum absolute atomic E-state index is 13.8. The van der Waals surface area contributed by atoms with E-state index in [4.69, 9.17) is 25.8 Å². The Bertz CT molecular complexity index is 1120. The molecule has 2 fully saturated rings. The van der Waals surface area contributed by atoms with Crippen molar-refractivity contribution < 1.29 is 28.6 Å². The summed E-state index contributed by atoms with van der Waals surface area (Å²) in [4.78, 5) is 41.9. The second-order valence-electron chi connectivity index (χ2n) is 14.4. The van der Waals surface area contributed by atoms with Gasteiger partial charge in [0.25, 0.3) is 0 Å². The third-order valence-corrected chi connectivity index (χ3v) is 10.9. The van der Waals surface area contributed by atoms with E-state index >= 15 is 0 Å². The lowest BCUT2D eigenvalue weighted by Crippen LogP contribution is -2.52. The van der Waals surface area contributed by atoms with Crippen molar-refractivity contribution >= 4 is 37.9 Å². The minimum Gasteiger partial charge on any atom is -0.453 e. The summed E-state index contributed by atoms with van der Waals surface area (Å²) in [5.41, 5.74) is 0.939. The number of amides is 4. The van der Waals surface area contributed by atoms with E-state index < -0.39 is 14.2 Å². The fourth-order valence-corrected chi connectivity index (χ4v) is 7.32. The molecule has 12 heteroatoms. The van der Waals surface area contributed by atoms with Crippen molar-refractivity contribution in [3.63, 3.8) is 0 Å². The van der Waals surface area contributed by atoms with Crippen molar-refractivity contribution in [1.29, 1.82) is 0 Å². The van der Waals surface area contributed by atoms with Crippen LogP contribution >= 0.6 is 11.6 Å². The summed E-state index contributed by atoms with van der Waals surface area (Å²) in [5, 5.41) is 6.68. The fraction of sp³-hybridized carbons (Fsp3) is 0.735. The van der Waals surface area contributed by atoms with E-state index in [0.717, 1.165) is 43.7 Å². The summed E-state index contributed by atoms with van der Waals surface area (Å²) in [6.07, 6.45) is 7.41. The minimum atomic E-state index is -1.31. The summed E-state index contributed by atoms with van der Waals surface area (Å²) in [7, 11) is 1.78. The molecule has 2 aliphatic rings. The molecule has 10 nitrogen and oxygen atoms in total. The Labute approximate surface area is 282 Å². The molecule has 1 aromatic rings. The van der Waals surface area contributed by atoms with Crippen LogP contribution in [0.2, 0.25) is 30.7 Å². The molecule has 1 aromatic carbocycles. The van der Waals surface area contributed by atoms with Crippen LogP contribution in [0.4, 0.5) is 14.4 Å². The predicted octanol–water partition coefficient (Wildman–Crippen LogP) is 7.31. The van der Waals surface area contributed by atoms with Gasteiger partial charge < -0.3 is 34.6 Å². The van der Waals surface area contributed by atoms with Crippen molar-refractivity contribution in [2.75, 3.05) is 47.0 Å². The van der Waals surface area contributed by atoms with E-state index in [1.54, 1.807) is 11.9 Å². The van der Waals surface area contributed by atoms with Gasteiger partial charge in [-0.2, -0.15) is 0 Å². The number of nitrogens with one attached hydrogen (secondary N) is 2. The summed E-state index contributed by atoms with van der Waals surface area (Å²) in [5.74, 6) is 0.565. The molecule has 3 rings (SSSR count). The normalized spacial score (nSPS) is 19.5. The van der Waals surface area contributed by atoms with Gasteiger partial charge in [-0.3, -0.25) is 0 Å². The smallest absolute Gasteiger partial charge is 0.409 e. The zero-order chi connectivity index (χ0) is 33.7. The van der Waals surface area contributed by atoms with Crippen LogP contribution in [-0.4, -0.2) is 95.2 Å². The van der Waals surface area contributed by atoms with Crippen LogP contribution in [0.3, 0.4) is 0 Å². The van der Waals surface area contributed by atoms with Gasteiger partial charge >= 0.3 is 18.2 Å². The molecular weight excluding hydrogens is 624 g/mol. The topological polar surface area (TPSA) is 109 Å². The molecule has 0 radical (unpaired) electrons. The van der Waals surface area contributed by atoms with E-state index in [-0.39, 0.29) is 42.8 Å². The van der Waals surface area contributed by atoms with Crippen LogP contribution in [0.1, 0.15) is 70.0 Å². The van der Waals surface area contributed by atoms with Gasteiger partial charge in [0, 0.05) is 51.7 Å². The number of benzene rings is 1. The summed E-state index contributed by atoms with van der Waals surface area (Å²) in [6.45, 7) is 10.9. The molecule has 1 unspecified atom stereocenters. The molecule has 4 atom stereocenters. The average Bonchev–Trinajstić information content (AvgIpc) is 3.01. The number of nitrogens with zero attached hydrogens (tertiary/aromatic N) is 2. The van der Waals surface area contributed by atoms with Gasteiger partial charge in [-0.15, -0.1) is 0 Å². The number of hydrogen-bond acceptors (Lipinski definition) is 6. The SMILES string of the molecule is COC(=O)NC(C)CO[C@@H](c1cccc(Cl)c1)[C@@H]1CCCN(C(=O)N[C@@H](CC2CCCCC2)CN(C)C(=O)OCC[Si](C)(C)C)C1. The summed E-state index contributed by atoms with van der Waals surface area (Å²) >= 11 is 6.37. The number of methoxy groups -OCH3 is 1. The number of urea groups is 1. The van der Waals surface area contributed by atoms with E-state index in [2.05, 4.69) is 30.3 Å². The Hall–Kier alpha value is -2.50. The van der Waals surface area contributed by atoms with Crippen molar-refractivity contribution in [1.82, 2.24) is 20.4 Å². The number of carbonyl (C=O) groups excluding carboxylic acids is 3. The quantitative estimate of drug-likeness (QED) is 0.200. The van der Waals surface area contributed by atoms with E-state index in [9.17, 15) is 14.4 Å². The monoisotopic (exact) mass is 680 g/mol. The molecule has 1 heterocycles. The molecule has 1 aliphatic heterocycles. The zero-order valence-corrected chi connectivity index (χ0v) is 30.6. The van der Waals surface area contributed by atoms with E-state index in [1.807, 2.05) is 36.1 Å². The number of alkyl carbamates (subject to hydrolysis) is 1. The van der Waals surface area contributed by atoms with E-state index in [1.165, 1.54) is 26.4 Å². The highest BCUT2D eigenvalue weighted by Gasteiger charge is 2.33. The molecule has 1 saturated carbocycles. The van der Waals surface area contributed by atoms with Crippen LogP contribution < -0.4 is 10.6 Å². The third kappa shape index (κ3) is 13.3. The molecule has 4 amide bonds. The van der Waals surface area contributed by atoms with Gasteiger partial charge in [0.05, 0.1) is 32.5 Å². The highest BCUT2D eigenvalue weighted by atomic mass is 35.5. The molecule has 0 bridgehead atoms. The van der Waals surface area contributed by atoms with Crippen LogP contribution in [0.25, 0.3) is 0 Å². The third-order valence-electron chi connectivity index (χ3n) is 8.98. The number of hydrogen-bond donors (Lipinski definition) is 2. The number of likely N-dealkylation sites (N-methyl/N-ethyl adjacent to an activating group) is 1. The van der Waals surface area contributed by atoms with Crippen LogP contribution in [0.15, 0.2) is 24.3 Å². The largest absolute Gasteiger partial charge is 0.453 e. The second-order valence-corrected chi connectivity index (χ2v) is 20.4. The second kappa shape index (κ2) is 18.7. The maximum Gasteiger partial charge on any atom is 0.409 e. The van der Waals surface area contributed by atoms with Crippen molar-refractivity contribution in [3.8, 4) is 0 Å². The number of likely N-dealkylation sites (tertiary alicyclic amines) is 1. The fourth-order valence-electron chi connectivity index (χ4n) is 6.41. The molecule has 2 N–H and O–H groups in total. The lowest BCUT2D eigenvalue weighted by atomic mass is 9.84. The highest BCUT2D eigenvalue weighted by molar-refractivity contribution is 6.76. The first-order chi connectivity index (χ1) is 21.8. The first-order valence-corrected chi connectivity index (χ1v) is 21.1. The van der Waals surface area contributed by atoms with E-state index in [0.29, 0.717) is 37.2 Å². The number of piperidine rings is 1. The van der Waals surface area contributed by atoms with Crippen molar-refractivity contribution in [2.24, 2.45) is 11.8 Å². The number of carbonyl (C=O) groups is 3. The molecule has 260 valence electrons. The van der Waals surface area contributed by atoms with Crippen molar-refractivity contribution in [2.45, 2.75) is 102 Å². The van der Waals surface area contributed by atoms with Crippen LogP contribution in [-0.2, 0) is 14.2 Å².